The quantitative estimate of drug-likeness (QED) is 0.354. The van der Waals surface area contributed by atoms with Crippen molar-refractivity contribution in [2.45, 2.75) is 70.3 Å². The van der Waals surface area contributed by atoms with Gasteiger partial charge < -0.3 is 10.2 Å². The first-order chi connectivity index (χ1) is 14.1. The van der Waals surface area contributed by atoms with E-state index in [-0.39, 0.29) is 18.2 Å². The van der Waals surface area contributed by atoms with Crippen molar-refractivity contribution in [3.63, 3.8) is 0 Å². The first-order valence-electron chi connectivity index (χ1n) is 10.7. The minimum Gasteiger partial charge on any atom is -0.340 e. The molecule has 1 atom stereocenters. The number of anilines is 1. The summed E-state index contributed by atoms with van der Waals surface area (Å²) in [7, 11) is 0. The Kier molecular flexibility index (Phi) is 7.63. The Bertz CT molecular complexity index is 731. The van der Waals surface area contributed by atoms with E-state index in [2.05, 4.69) is 5.32 Å². The minimum absolute atomic E-state index is 0.0398. The molecule has 0 spiro atoms. The maximum Gasteiger partial charge on any atom is 0.254 e. The van der Waals surface area contributed by atoms with E-state index in [1.807, 2.05) is 18.2 Å². The highest BCUT2D eigenvalue weighted by Gasteiger charge is 2.34. The number of hydroxylamine groups is 1. The molecule has 0 aromatic heterocycles. The number of benzene rings is 1. The number of amides is 3. The van der Waals surface area contributed by atoms with Crippen LogP contribution in [0.25, 0.3) is 0 Å². The van der Waals surface area contributed by atoms with Gasteiger partial charge in [-0.2, -0.15) is 0 Å². The molecule has 0 unspecified atom stereocenters. The number of unbranched alkanes of at least 4 members (excludes halogenated alkanes) is 2. The van der Waals surface area contributed by atoms with E-state index in [0.717, 1.165) is 25.7 Å². The molecule has 7 nitrogen and oxygen atoms in total. The summed E-state index contributed by atoms with van der Waals surface area (Å²) >= 11 is 0. The van der Waals surface area contributed by atoms with Gasteiger partial charge in [0.15, 0.2) is 0 Å². The molecule has 0 saturated heterocycles. The summed E-state index contributed by atoms with van der Waals surface area (Å²) in [6.45, 7) is 0.507. The van der Waals surface area contributed by atoms with Crippen LogP contribution in [0.2, 0.25) is 0 Å². The van der Waals surface area contributed by atoms with Gasteiger partial charge in [-0.25, -0.2) is 5.48 Å². The van der Waals surface area contributed by atoms with Gasteiger partial charge in [0.25, 0.3) is 5.91 Å². The lowest BCUT2D eigenvalue weighted by Crippen LogP contribution is -2.47. The van der Waals surface area contributed by atoms with Crippen LogP contribution in [-0.2, 0) is 9.59 Å². The van der Waals surface area contributed by atoms with E-state index in [0.29, 0.717) is 36.6 Å². The van der Waals surface area contributed by atoms with Crippen molar-refractivity contribution in [2.24, 2.45) is 5.92 Å². The zero-order valence-corrected chi connectivity index (χ0v) is 16.9. The number of nitrogens with zero attached hydrogens (tertiary/aromatic N) is 1. The average Bonchev–Trinajstić information content (AvgIpc) is 2.84. The Morgan fingerprint density at radius 2 is 1.86 bits per heavy atom. The summed E-state index contributed by atoms with van der Waals surface area (Å²) in [5.41, 5.74) is 2.83. The van der Waals surface area contributed by atoms with Crippen LogP contribution in [0, 0.1) is 5.92 Å². The fourth-order valence-corrected chi connectivity index (χ4v) is 4.44. The number of carbonyl (C=O) groups excluding carboxylic acids is 3. The Morgan fingerprint density at radius 1 is 1.10 bits per heavy atom. The van der Waals surface area contributed by atoms with Gasteiger partial charge in [-0.3, -0.25) is 19.6 Å². The molecule has 0 bridgehead atoms. The fraction of sp³-hybridized carbons (Fsp3) is 0.591. The number of carbonyl (C=O) groups is 3. The lowest BCUT2D eigenvalue weighted by atomic mass is 9.84. The van der Waals surface area contributed by atoms with Crippen molar-refractivity contribution in [1.29, 1.82) is 0 Å². The van der Waals surface area contributed by atoms with Gasteiger partial charge in [-0.05, 0) is 37.3 Å². The van der Waals surface area contributed by atoms with Gasteiger partial charge in [-0.15, -0.1) is 0 Å². The predicted octanol–water partition coefficient (Wildman–Crippen LogP) is 3.17. The molecule has 1 saturated carbocycles. The number of fused-ring (bicyclic) bond motifs is 1. The lowest BCUT2D eigenvalue weighted by molar-refractivity contribution is -0.129. The van der Waals surface area contributed by atoms with Crippen LogP contribution >= 0.6 is 0 Å². The third kappa shape index (κ3) is 5.56. The highest BCUT2D eigenvalue weighted by Crippen LogP contribution is 2.31. The highest BCUT2D eigenvalue weighted by molar-refractivity contribution is 6.10. The van der Waals surface area contributed by atoms with E-state index < -0.39 is 11.9 Å². The number of nitrogens with one attached hydrogen (secondary N) is 2. The SMILES string of the molecule is O=C(CCCCCN1C(=O)[C@H](CC2CCCCC2)NC(=O)c2ccccc21)NO. The summed E-state index contributed by atoms with van der Waals surface area (Å²) in [5.74, 6) is -0.138. The van der Waals surface area contributed by atoms with E-state index in [9.17, 15) is 14.4 Å². The van der Waals surface area contributed by atoms with Crippen LogP contribution in [0.4, 0.5) is 5.69 Å². The molecule has 1 aromatic carbocycles. The molecule has 1 heterocycles. The molecule has 3 rings (SSSR count). The van der Waals surface area contributed by atoms with Gasteiger partial charge in [-0.1, -0.05) is 50.7 Å². The van der Waals surface area contributed by atoms with E-state index in [1.54, 1.807) is 16.4 Å². The van der Waals surface area contributed by atoms with Gasteiger partial charge in [0.2, 0.25) is 11.8 Å². The standard InChI is InChI=1S/C22H31N3O4/c26-20(24-29)13-5-2-8-14-25-19-12-7-6-11-17(19)21(27)23-18(22(25)28)15-16-9-3-1-4-10-16/h6-7,11-12,16,18,29H,1-5,8-10,13-15H2,(H,23,27)(H,24,26)/t18-/m0/s1. The fourth-order valence-electron chi connectivity index (χ4n) is 4.44. The molecular formula is C22H31N3O4. The monoisotopic (exact) mass is 401 g/mol. The minimum atomic E-state index is -0.488. The van der Waals surface area contributed by atoms with E-state index in [1.165, 1.54) is 19.3 Å². The summed E-state index contributed by atoms with van der Waals surface area (Å²) < 4.78 is 0. The summed E-state index contributed by atoms with van der Waals surface area (Å²) in [6, 6.07) is 6.77. The van der Waals surface area contributed by atoms with Gasteiger partial charge in [0.05, 0.1) is 11.3 Å². The topological polar surface area (TPSA) is 98.7 Å². The Hall–Kier alpha value is -2.41. The van der Waals surface area contributed by atoms with Gasteiger partial charge >= 0.3 is 0 Å². The van der Waals surface area contributed by atoms with Crippen LogP contribution in [0.3, 0.4) is 0 Å². The van der Waals surface area contributed by atoms with Gasteiger partial charge in [0.1, 0.15) is 6.04 Å². The van der Waals surface area contributed by atoms with Gasteiger partial charge in [0, 0.05) is 13.0 Å². The van der Waals surface area contributed by atoms with Crippen LogP contribution in [-0.4, -0.2) is 35.5 Å². The second kappa shape index (κ2) is 10.4. The van der Waals surface area contributed by atoms with Crippen LogP contribution in [0.1, 0.15) is 74.6 Å². The molecule has 2 aliphatic rings. The summed E-state index contributed by atoms with van der Waals surface area (Å²) in [5, 5.41) is 11.5. The maximum absolute atomic E-state index is 13.4. The van der Waals surface area contributed by atoms with E-state index >= 15 is 0 Å². The molecule has 1 aliphatic heterocycles. The normalized spacial score (nSPS) is 20.0. The molecule has 0 radical (unpaired) electrons. The van der Waals surface area contributed by atoms with Crippen molar-refractivity contribution in [3.05, 3.63) is 29.8 Å². The Morgan fingerprint density at radius 3 is 2.62 bits per heavy atom. The number of para-hydroxylation sites is 1. The highest BCUT2D eigenvalue weighted by atomic mass is 16.5. The molecule has 158 valence electrons. The van der Waals surface area contributed by atoms with E-state index in [4.69, 9.17) is 5.21 Å². The molecule has 1 fully saturated rings. The molecule has 29 heavy (non-hydrogen) atoms. The number of rotatable bonds is 8. The molecular weight excluding hydrogens is 370 g/mol. The van der Waals surface area contributed by atoms with Crippen LogP contribution < -0.4 is 15.7 Å². The van der Waals surface area contributed by atoms with Crippen LogP contribution in [0.5, 0.6) is 0 Å². The second-order valence-electron chi connectivity index (χ2n) is 8.12. The number of hydrogen-bond donors (Lipinski definition) is 3. The van der Waals surface area contributed by atoms with Crippen molar-refractivity contribution < 1.29 is 19.6 Å². The zero-order chi connectivity index (χ0) is 20.6. The summed E-state index contributed by atoms with van der Waals surface area (Å²) in [6.07, 6.45) is 8.98. The molecule has 7 heteroatoms. The smallest absolute Gasteiger partial charge is 0.254 e. The second-order valence-corrected chi connectivity index (χ2v) is 8.12. The first kappa shape index (κ1) is 21.3. The Labute approximate surface area is 171 Å². The zero-order valence-electron chi connectivity index (χ0n) is 16.9. The van der Waals surface area contributed by atoms with Crippen molar-refractivity contribution in [3.8, 4) is 0 Å². The summed E-state index contributed by atoms with van der Waals surface area (Å²) in [4.78, 5) is 39.0. The first-order valence-corrected chi connectivity index (χ1v) is 10.7. The maximum atomic E-state index is 13.4. The molecule has 1 aliphatic carbocycles. The van der Waals surface area contributed by atoms with Crippen LogP contribution in [0.15, 0.2) is 24.3 Å². The predicted molar refractivity (Wildman–Crippen MR) is 110 cm³/mol. The number of hydrogen-bond acceptors (Lipinski definition) is 4. The van der Waals surface area contributed by atoms with Crippen molar-refractivity contribution >= 4 is 23.4 Å². The molecule has 3 amide bonds. The lowest BCUT2D eigenvalue weighted by Gasteiger charge is -2.29. The third-order valence-electron chi connectivity index (χ3n) is 6.01. The third-order valence-corrected chi connectivity index (χ3v) is 6.01. The average molecular weight is 402 g/mol. The molecule has 1 aromatic rings. The Balaban J connectivity index is 1.69. The largest absolute Gasteiger partial charge is 0.340 e. The van der Waals surface area contributed by atoms with Crippen molar-refractivity contribution in [2.75, 3.05) is 11.4 Å². The molecule has 3 N–H and O–H groups in total. The van der Waals surface area contributed by atoms with Crippen molar-refractivity contribution in [1.82, 2.24) is 10.8 Å².